The Hall–Kier alpha value is -4.55. The molecule has 4 aromatic heterocycles. The van der Waals surface area contributed by atoms with E-state index in [9.17, 15) is 4.79 Å². The van der Waals surface area contributed by atoms with E-state index < -0.39 is 12.0 Å². The highest BCUT2D eigenvalue weighted by Crippen LogP contribution is 2.26. The predicted molar refractivity (Wildman–Crippen MR) is 149 cm³/mol. The summed E-state index contributed by atoms with van der Waals surface area (Å²) in [5.41, 5.74) is 11.5. The minimum Gasteiger partial charge on any atom is -0.441 e. The normalized spacial score (nSPS) is 14.6. The van der Waals surface area contributed by atoms with Crippen LogP contribution in [0.25, 0.3) is 34.1 Å². The quantitative estimate of drug-likeness (QED) is 0.309. The van der Waals surface area contributed by atoms with Crippen LogP contribution in [0.1, 0.15) is 18.2 Å². The van der Waals surface area contributed by atoms with Crippen molar-refractivity contribution in [3.63, 3.8) is 0 Å². The molecule has 12 heteroatoms. The van der Waals surface area contributed by atoms with Crippen LogP contribution in [0, 0.1) is 13.8 Å². The van der Waals surface area contributed by atoms with E-state index in [4.69, 9.17) is 30.4 Å². The van der Waals surface area contributed by atoms with Gasteiger partial charge in [-0.15, -0.1) is 0 Å². The van der Waals surface area contributed by atoms with Crippen molar-refractivity contribution < 1.29 is 14.3 Å². The summed E-state index contributed by atoms with van der Waals surface area (Å²) in [4.78, 5) is 19.0. The number of hydrogen-bond acceptors (Lipinski definition) is 9. The number of hydrogen-bond donors (Lipinski definition) is 1. The molecule has 0 radical (unpaired) electrons. The van der Waals surface area contributed by atoms with Crippen LogP contribution in [0.3, 0.4) is 0 Å². The Kier molecular flexibility index (Phi) is 6.78. The van der Waals surface area contributed by atoms with Gasteiger partial charge in [-0.3, -0.25) is 4.79 Å². The Bertz CT molecular complexity index is 1680. The number of benzene rings is 1. The highest BCUT2D eigenvalue weighted by molar-refractivity contribution is 5.74. The number of rotatable bonds is 7. The lowest BCUT2D eigenvalue weighted by atomic mass is 10.1. The molecule has 40 heavy (non-hydrogen) atoms. The number of fused-ring (bicyclic) bond motifs is 1. The maximum absolute atomic E-state index is 11.8. The maximum Gasteiger partial charge on any atom is 0.324 e. The fourth-order valence-electron chi connectivity index (χ4n) is 4.64. The van der Waals surface area contributed by atoms with Gasteiger partial charge in [-0.05, 0) is 39.0 Å². The van der Waals surface area contributed by atoms with Crippen molar-refractivity contribution >= 4 is 17.4 Å². The van der Waals surface area contributed by atoms with Gasteiger partial charge in [0.15, 0.2) is 18.2 Å². The van der Waals surface area contributed by atoms with Crippen LogP contribution in [-0.2, 0) is 21.0 Å². The topological polar surface area (TPSA) is 131 Å². The van der Waals surface area contributed by atoms with Crippen molar-refractivity contribution in [3.8, 4) is 28.5 Å². The molecule has 1 atom stereocenters. The fourth-order valence-corrected chi connectivity index (χ4v) is 4.64. The lowest BCUT2D eigenvalue weighted by molar-refractivity contribution is -0.149. The molecule has 12 nitrogen and oxygen atoms in total. The summed E-state index contributed by atoms with van der Waals surface area (Å²) in [5.74, 6) is 1.09. The van der Waals surface area contributed by atoms with Crippen LogP contribution in [0.15, 0.2) is 54.7 Å². The van der Waals surface area contributed by atoms with Crippen LogP contribution >= 0.6 is 0 Å². The van der Waals surface area contributed by atoms with E-state index in [1.165, 1.54) is 5.56 Å². The number of anilines is 1. The molecule has 0 saturated carbocycles. The smallest absolute Gasteiger partial charge is 0.324 e. The standard InChI is InChI=1S/C28H31N9O3/c1-18-5-4-6-21(13-18)22-7-8-35(31-22)25-16-27(34-9-11-39-12-10-34)37-26(30-25)15-24(33-37)23-14-19(2)36(32-23)17-40-28(38)20(3)29/h4-8,13-16,20H,9-12,17,29H2,1-3H3/t20-/m0/s1. The number of aryl methyl sites for hydroxylation is 2. The minimum atomic E-state index is -0.699. The molecule has 206 valence electrons. The van der Waals surface area contributed by atoms with E-state index >= 15 is 0 Å². The van der Waals surface area contributed by atoms with E-state index in [1.807, 2.05) is 48.0 Å². The van der Waals surface area contributed by atoms with Crippen LogP contribution in [0.2, 0.25) is 0 Å². The van der Waals surface area contributed by atoms with Gasteiger partial charge >= 0.3 is 5.97 Å². The summed E-state index contributed by atoms with van der Waals surface area (Å²) in [6, 6.07) is 15.4. The third-order valence-corrected chi connectivity index (χ3v) is 6.81. The van der Waals surface area contributed by atoms with Gasteiger partial charge in [0.2, 0.25) is 0 Å². The van der Waals surface area contributed by atoms with E-state index in [2.05, 4.69) is 35.1 Å². The van der Waals surface area contributed by atoms with Crippen molar-refractivity contribution in [3.05, 3.63) is 66.0 Å². The number of aromatic nitrogens is 7. The second kappa shape index (κ2) is 10.5. The highest BCUT2D eigenvalue weighted by atomic mass is 16.5. The van der Waals surface area contributed by atoms with Gasteiger partial charge in [0.05, 0.1) is 18.9 Å². The van der Waals surface area contributed by atoms with Crippen molar-refractivity contribution in [2.75, 3.05) is 31.2 Å². The molecule has 5 heterocycles. The first-order chi connectivity index (χ1) is 19.4. The van der Waals surface area contributed by atoms with Crippen LogP contribution < -0.4 is 10.6 Å². The SMILES string of the molecule is Cc1cccc(-c2ccn(-c3cc(N4CCOCC4)n4nc(-c5cc(C)n(COC(=O)[C@H](C)N)n5)cc4n3)n2)c1. The van der Waals surface area contributed by atoms with Gasteiger partial charge < -0.3 is 20.1 Å². The van der Waals surface area contributed by atoms with Gasteiger partial charge in [-0.2, -0.15) is 19.8 Å². The Labute approximate surface area is 230 Å². The van der Waals surface area contributed by atoms with Crippen molar-refractivity contribution in [1.82, 2.24) is 34.2 Å². The lowest BCUT2D eigenvalue weighted by Crippen LogP contribution is -2.37. The minimum absolute atomic E-state index is 0.0242. The Morgan fingerprint density at radius 1 is 1.02 bits per heavy atom. The zero-order valence-electron chi connectivity index (χ0n) is 22.7. The van der Waals surface area contributed by atoms with Crippen LogP contribution in [-0.4, -0.2) is 72.5 Å². The summed E-state index contributed by atoms with van der Waals surface area (Å²) in [5, 5.41) is 14.3. The molecular formula is C28H31N9O3. The van der Waals surface area contributed by atoms with Gasteiger partial charge in [0.1, 0.15) is 23.2 Å². The molecule has 1 saturated heterocycles. The molecule has 6 rings (SSSR count). The number of carbonyl (C=O) groups excluding carboxylic acids is 1. The third-order valence-electron chi connectivity index (χ3n) is 6.81. The van der Waals surface area contributed by atoms with Gasteiger partial charge in [0.25, 0.3) is 0 Å². The molecule has 2 N–H and O–H groups in total. The van der Waals surface area contributed by atoms with Gasteiger partial charge in [0, 0.05) is 42.7 Å². The molecule has 0 spiro atoms. The predicted octanol–water partition coefficient (Wildman–Crippen LogP) is 2.75. The van der Waals surface area contributed by atoms with Crippen LogP contribution in [0.4, 0.5) is 5.82 Å². The Balaban J connectivity index is 1.38. The molecule has 0 unspecified atom stereocenters. The number of carbonyl (C=O) groups is 1. The van der Waals surface area contributed by atoms with E-state index in [0.29, 0.717) is 36.1 Å². The van der Waals surface area contributed by atoms with E-state index in [1.54, 1.807) is 16.3 Å². The maximum atomic E-state index is 11.8. The first-order valence-electron chi connectivity index (χ1n) is 13.2. The van der Waals surface area contributed by atoms with Crippen LogP contribution in [0.5, 0.6) is 0 Å². The van der Waals surface area contributed by atoms with E-state index in [-0.39, 0.29) is 6.73 Å². The van der Waals surface area contributed by atoms with Crippen molar-refractivity contribution in [2.24, 2.45) is 5.73 Å². The molecule has 1 aromatic carbocycles. The summed E-state index contributed by atoms with van der Waals surface area (Å²) in [6.07, 6.45) is 1.92. The summed E-state index contributed by atoms with van der Waals surface area (Å²) in [7, 11) is 0. The van der Waals surface area contributed by atoms with Gasteiger partial charge in [-0.1, -0.05) is 23.8 Å². The largest absolute Gasteiger partial charge is 0.441 e. The number of nitrogens with zero attached hydrogens (tertiary/aromatic N) is 8. The van der Waals surface area contributed by atoms with Crippen molar-refractivity contribution in [2.45, 2.75) is 33.5 Å². The zero-order valence-corrected chi connectivity index (χ0v) is 22.7. The summed E-state index contributed by atoms with van der Waals surface area (Å²) in [6.45, 7) is 8.27. The average molecular weight is 542 g/mol. The summed E-state index contributed by atoms with van der Waals surface area (Å²) >= 11 is 0. The number of morpholine rings is 1. The molecule has 1 aliphatic heterocycles. The third kappa shape index (κ3) is 5.06. The first kappa shape index (κ1) is 25.7. The number of ether oxygens (including phenoxy) is 2. The molecule has 5 aromatic rings. The fraction of sp³-hybridized carbons (Fsp3) is 0.321. The average Bonchev–Trinajstić information content (AvgIpc) is 3.70. The first-order valence-corrected chi connectivity index (χ1v) is 13.2. The molecule has 0 bridgehead atoms. The lowest BCUT2D eigenvalue weighted by Gasteiger charge is -2.29. The number of nitrogens with two attached hydrogens (primary N) is 1. The molecule has 1 aliphatic rings. The van der Waals surface area contributed by atoms with E-state index in [0.717, 1.165) is 35.9 Å². The molecular weight excluding hydrogens is 510 g/mol. The molecule has 0 amide bonds. The second-order valence-electron chi connectivity index (χ2n) is 9.94. The summed E-state index contributed by atoms with van der Waals surface area (Å²) < 4.78 is 16.1. The molecule has 1 fully saturated rings. The zero-order chi connectivity index (χ0) is 27.8. The van der Waals surface area contributed by atoms with Gasteiger partial charge in [-0.25, -0.2) is 14.3 Å². The number of esters is 1. The second-order valence-corrected chi connectivity index (χ2v) is 9.94. The van der Waals surface area contributed by atoms with Crippen molar-refractivity contribution in [1.29, 1.82) is 0 Å². The Morgan fingerprint density at radius 2 is 1.82 bits per heavy atom. The highest BCUT2D eigenvalue weighted by Gasteiger charge is 2.21. The Morgan fingerprint density at radius 3 is 2.60 bits per heavy atom. The monoisotopic (exact) mass is 541 g/mol. The molecule has 0 aliphatic carbocycles.